The van der Waals surface area contributed by atoms with Gasteiger partial charge in [0.05, 0.1) is 6.04 Å². The zero-order valence-electron chi connectivity index (χ0n) is 11.6. The number of hydrogen-bond acceptors (Lipinski definition) is 2. The Morgan fingerprint density at radius 3 is 2.26 bits per heavy atom. The fourth-order valence-corrected chi connectivity index (χ4v) is 2.43. The van der Waals surface area contributed by atoms with Gasteiger partial charge in [-0.2, -0.15) is 0 Å². The lowest BCUT2D eigenvalue weighted by Gasteiger charge is -2.15. The van der Waals surface area contributed by atoms with Gasteiger partial charge in [-0.05, 0) is 54.2 Å². The molecule has 0 fully saturated rings. The van der Waals surface area contributed by atoms with Gasteiger partial charge in [0.1, 0.15) is 5.76 Å². The summed E-state index contributed by atoms with van der Waals surface area (Å²) < 4.78 is 5.49. The third-order valence-corrected chi connectivity index (χ3v) is 3.33. The van der Waals surface area contributed by atoms with E-state index >= 15 is 0 Å². The van der Waals surface area contributed by atoms with E-state index in [1.54, 1.807) is 6.07 Å². The predicted molar refractivity (Wildman–Crippen MR) is 79.6 cm³/mol. The van der Waals surface area contributed by atoms with Gasteiger partial charge in [-0.3, -0.25) is 0 Å². The van der Waals surface area contributed by atoms with Gasteiger partial charge in [-0.25, -0.2) is 0 Å². The first kappa shape index (κ1) is 14.2. The van der Waals surface area contributed by atoms with Gasteiger partial charge >= 0.3 is 0 Å². The summed E-state index contributed by atoms with van der Waals surface area (Å²) in [4.78, 5) is 0. The Kier molecular flexibility index (Phi) is 4.67. The fourth-order valence-electron chi connectivity index (χ4n) is 2.27. The van der Waals surface area contributed by atoms with Crippen LogP contribution in [0.3, 0.4) is 0 Å². The molecule has 1 aromatic carbocycles. The van der Waals surface area contributed by atoms with E-state index in [1.165, 1.54) is 11.1 Å². The summed E-state index contributed by atoms with van der Waals surface area (Å²) in [5.74, 6) is 1.51. The maximum atomic E-state index is 5.84. The minimum atomic E-state index is 0.0422. The summed E-state index contributed by atoms with van der Waals surface area (Å²) in [5.41, 5.74) is 2.55. The molecule has 19 heavy (non-hydrogen) atoms. The molecule has 0 aliphatic heterocycles. The van der Waals surface area contributed by atoms with Gasteiger partial charge in [0.15, 0.2) is 5.22 Å². The molecular weight excluding hydrogens is 258 g/mol. The third-order valence-electron chi connectivity index (χ3n) is 3.12. The highest BCUT2D eigenvalue weighted by Gasteiger charge is 2.15. The minimum Gasteiger partial charge on any atom is -0.448 e. The summed E-state index contributed by atoms with van der Waals surface area (Å²) >= 11 is 5.84. The van der Waals surface area contributed by atoms with Gasteiger partial charge < -0.3 is 9.73 Å². The monoisotopic (exact) mass is 277 g/mol. The number of halogens is 1. The first-order chi connectivity index (χ1) is 9.10. The second-order valence-electron chi connectivity index (χ2n) is 5.20. The van der Waals surface area contributed by atoms with Gasteiger partial charge in [0, 0.05) is 0 Å². The molecule has 0 bridgehead atoms. The van der Waals surface area contributed by atoms with Crippen LogP contribution in [0.15, 0.2) is 40.8 Å². The van der Waals surface area contributed by atoms with Crippen molar-refractivity contribution >= 4 is 11.6 Å². The molecule has 0 radical (unpaired) electrons. The van der Waals surface area contributed by atoms with Gasteiger partial charge in [-0.15, -0.1) is 0 Å². The van der Waals surface area contributed by atoms with Crippen molar-refractivity contribution in [2.45, 2.75) is 26.3 Å². The molecule has 1 aromatic heterocycles. The Bertz CT molecular complexity index is 516. The lowest BCUT2D eigenvalue weighted by Crippen LogP contribution is -2.16. The quantitative estimate of drug-likeness (QED) is 0.874. The standard InChI is InChI=1S/C16H20ClNO/c1-11(2)10-12-4-6-13(7-5-12)16(18-3)14-8-9-15(17)19-14/h4-9,11,16,18H,10H2,1-3H3. The molecule has 2 aromatic rings. The molecule has 0 aliphatic rings. The summed E-state index contributed by atoms with van der Waals surface area (Å²) in [6.07, 6.45) is 1.11. The van der Waals surface area contributed by atoms with Crippen molar-refractivity contribution < 1.29 is 4.42 Å². The highest BCUT2D eigenvalue weighted by molar-refractivity contribution is 6.28. The molecule has 1 N–H and O–H groups in total. The SMILES string of the molecule is CNC(c1ccc(CC(C)C)cc1)c1ccc(Cl)o1. The van der Waals surface area contributed by atoms with E-state index in [-0.39, 0.29) is 6.04 Å². The zero-order chi connectivity index (χ0) is 13.8. The first-order valence-electron chi connectivity index (χ1n) is 6.61. The van der Waals surface area contributed by atoms with Crippen LogP contribution < -0.4 is 5.32 Å². The Morgan fingerprint density at radius 2 is 1.79 bits per heavy atom. The molecule has 0 amide bonds. The number of furan rings is 1. The van der Waals surface area contributed by atoms with Crippen LogP contribution in [0.1, 0.15) is 36.8 Å². The number of hydrogen-bond donors (Lipinski definition) is 1. The molecule has 1 unspecified atom stereocenters. The van der Waals surface area contributed by atoms with E-state index in [9.17, 15) is 0 Å². The van der Waals surface area contributed by atoms with Crippen LogP contribution in [0.25, 0.3) is 0 Å². The maximum absolute atomic E-state index is 5.84. The van der Waals surface area contributed by atoms with Crippen molar-refractivity contribution in [3.63, 3.8) is 0 Å². The molecule has 102 valence electrons. The fraction of sp³-hybridized carbons (Fsp3) is 0.375. The molecule has 2 nitrogen and oxygen atoms in total. The largest absolute Gasteiger partial charge is 0.448 e. The van der Waals surface area contributed by atoms with Crippen molar-refractivity contribution in [1.82, 2.24) is 5.32 Å². The highest BCUT2D eigenvalue weighted by Crippen LogP contribution is 2.26. The smallest absolute Gasteiger partial charge is 0.193 e. The summed E-state index contributed by atoms with van der Waals surface area (Å²) in [5, 5.41) is 3.68. The highest BCUT2D eigenvalue weighted by atomic mass is 35.5. The van der Waals surface area contributed by atoms with Gasteiger partial charge in [0.25, 0.3) is 0 Å². The molecule has 3 heteroatoms. The van der Waals surface area contributed by atoms with Crippen LogP contribution in [0, 0.1) is 5.92 Å². The van der Waals surface area contributed by atoms with E-state index in [0.29, 0.717) is 11.1 Å². The number of nitrogens with one attached hydrogen (secondary N) is 1. The zero-order valence-corrected chi connectivity index (χ0v) is 12.4. The predicted octanol–water partition coefficient (Wildman–Crippen LogP) is 4.44. The molecule has 0 saturated carbocycles. The lowest BCUT2D eigenvalue weighted by atomic mass is 9.98. The topological polar surface area (TPSA) is 25.2 Å². The normalized spacial score (nSPS) is 12.9. The molecule has 2 rings (SSSR count). The van der Waals surface area contributed by atoms with E-state index in [0.717, 1.165) is 12.2 Å². The van der Waals surface area contributed by atoms with Crippen molar-refractivity contribution in [1.29, 1.82) is 0 Å². The number of benzene rings is 1. The third kappa shape index (κ3) is 3.62. The first-order valence-corrected chi connectivity index (χ1v) is 6.99. The molecule has 1 heterocycles. The summed E-state index contributed by atoms with van der Waals surface area (Å²) in [6, 6.07) is 12.4. The minimum absolute atomic E-state index is 0.0422. The summed E-state index contributed by atoms with van der Waals surface area (Å²) in [7, 11) is 1.92. The Morgan fingerprint density at radius 1 is 1.11 bits per heavy atom. The van der Waals surface area contributed by atoms with Crippen LogP contribution in [0.5, 0.6) is 0 Å². The van der Waals surface area contributed by atoms with Crippen molar-refractivity contribution in [2.75, 3.05) is 7.05 Å². The van der Waals surface area contributed by atoms with Crippen LogP contribution in [0.2, 0.25) is 5.22 Å². The van der Waals surface area contributed by atoms with Crippen molar-refractivity contribution in [2.24, 2.45) is 5.92 Å². The number of rotatable bonds is 5. The average Bonchev–Trinajstić information content (AvgIpc) is 2.78. The van der Waals surface area contributed by atoms with E-state index in [4.69, 9.17) is 16.0 Å². The Labute approximate surface area is 119 Å². The van der Waals surface area contributed by atoms with Gasteiger partial charge in [0.2, 0.25) is 0 Å². The van der Waals surface area contributed by atoms with E-state index in [2.05, 4.69) is 43.4 Å². The molecule has 0 spiro atoms. The van der Waals surface area contributed by atoms with Crippen LogP contribution >= 0.6 is 11.6 Å². The molecule has 1 atom stereocenters. The second-order valence-corrected chi connectivity index (χ2v) is 5.58. The van der Waals surface area contributed by atoms with E-state index in [1.807, 2.05) is 13.1 Å². The maximum Gasteiger partial charge on any atom is 0.193 e. The Balaban J connectivity index is 2.19. The van der Waals surface area contributed by atoms with Crippen LogP contribution in [0.4, 0.5) is 0 Å². The molecular formula is C16H20ClNO. The van der Waals surface area contributed by atoms with E-state index < -0.39 is 0 Å². The second kappa shape index (κ2) is 6.27. The van der Waals surface area contributed by atoms with Crippen molar-refractivity contribution in [3.8, 4) is 0 Å². The lowest BCUT2D eigenvalue weighted by molar-refractivity contribution is 0.465. The van der Waals surface area contributed by atoms with Crippen LogP contribution in [-0.4, -0.2) is 7.05 Å². The molecule has 0 saturated heterocycles. The van der Waals surface area contributed by atoms with Crippen molar-refractivity contribution in [3.05, 3.63) is 58.5 Å². The van der Waals surface area contributed by atoms with Gasteiger partial charge in [-0.1, -0.05) is 38.1 Å². The molecule has 0 aliphatic carbocycles. The van der Waals surface area contributed by atoms with Crippen LogP contribution in [-0.2, 0) is 6.42 Å². The Hall–Kier alpha value is -1.25. The summed E-state index contributed by atoms with van der Waals surface area (Å²) in [6.45, 7) is 4.46. The average molecular weight is 278 g/mol.